The summed E-state index contributed by atoms with van der Waals surface area (Å²) in [6.45, 7) is 4.67. The summed E-state index contributed by atoms with van der Waals surface area (Å²) in [5.41, 5.74) is 6.21. The minimum Gasteiger partial charge on any atom is -0.442 e. The van der Waals surface area contributed by atoms with Crippen molar-refractivity contribution >= 4 is 23.5 Å². The molecule has 1 saturated heterocycles. The zero-order valence-corrected chi connectivity index (χ0v) is 16.0. The van der Waals surface area contributed by atoms with Crippen LogP contribution in [0.25, 0.3) is 0 Å². The van der Waals surface area contributed by atoms with Crippen molar-refractivity contribution in [2.75, 3.05) is 37.6 Å². The molecule has 2 N–H and O–H groups in total. The summed E-state index contributed by atoms with van der Waals surface area (Å²) >= 11 is 6.24. The summed E-state index contributed by atoms with van der Waals surface area (Å²) in [5, 5.41) is 0.695. The largest absolute Gasteiger partial charge is 0.442 e. The average molecular weight is 389 g/mol. The second kappa shape index (κ2) is 9.58. The maximum Gasteiger partial charge on any atom is 0.405 e. The van der Waals surface area contributed by atoms with Crippen LogP contribution in [0, 0.1) is 0 Å². The molecule has 3 rings (SSSR count). The molecule has 0 bridgehead atoms. The van der Waals surface area contributed by atoms with E-state index in [1.165, 1.54) is 0 Å². The van der Waals surface area contributed by atoms with Gasteiger partial charge >= 0.3 is 6.09 Å². The lowest BCUT2D eigenvalue weighted by atomic mass is 10.0. The van der Waals surface area contributed by atoms with E-state index in [1.807, 2.05) is 42.5 Å². The minimum absolute atomic E-state index is 0.294. The third-order valence-corrected chi connectivity index (χ3v) is 5.08. The molecule has 2 heterocycles. The number of nitrogens with zero attached hydrogens (tertiary/aromatic N) is 3. The van der Waals surface area contributed by atoms with Crippen molar-refractivity contribution in [3.8, 4) is 0 Å². The number of carbonyl (C=O) groups excluding carboxylic acids is 1. The van der Waals surface area contributed by atoms with Gasteiger partial charge in [-0.05, 0) is 37.1 Å². The Balaban J connectivity index is 1.46. The first-order valence-electron chi connectivity index (χ1n) is 9.22. The molecule has 0 saturated carbocycles. The predicted molar refractivity (Wildman–Crippen MR) is 107 cm³/mol. The third kappa shape index (κ3) is 5.58. The van der Waals surface area contributed by atoms with Crippen molar-refractivity contribution in [1.82, 2.24) is 9.88 Å². The van der Waals surface area contributed by atoms with Crippen molar-refractivity contribution in [1.29, 1.82) is 0 Å². The van der Waals surface area contributed by atoms with Crippen LogP contribution in [0.5, 0.6) is 0 Å². The SMILES string of the molecule is NC(=O)OC(CCCN1CCN(c2ncccc2Cl)CC1)c1ccccc1. The van der Waals surface area contributed by atoms with E-state index < -0.39 is 6.09 Å². The lowest BCUT2D eigenvalue weighted by Crippen LogP contribution is -2.47. The number of amides is 1. The zero-order chi connectivity index (χ0) is 19.1. The number of rotatable bonds is 7. The molecule has 1 atom stereocenters. The van der Waals surface area contributed by atoms with Crippen LogP contribution in [0.3, 0.4) is 0 Å². The van der Waals surface area contributed by atoms with Crippen LogP contribution in [-0.2, 0) is 4.74 Å². The molecule has 1 aromatic carbocycles. The highest BCUT2D eigenvalue weighted by Gasteiger charge is 2.20. The molecule has 144 valence electrons. The summed E-state index contributed by atoms with van der Waals surface area (Å²) in [7, 11) is 0. The van der Waals surface area contributed by atoms with Gasteiger partial charge in [-0.3, -0.25) is 4.90 Å². The van der Waals surface area contributed by atoms with Crippen LogP contribution < -0.4 is 10.6 Å². The molecule has 1 aliphatic heterocycles. The molecule has 0 aliphatic carbocycles. The fraction of sp³-hybridized carbons (Fsp3) is 0.400. The number of halogens is 1. The molecule has 7 heteroatoms. The molecule has 27 heavy (non-hydrogen) atoms. The first-order valence-corrected chi connectivity index (χ1v) is 9.60. The molecule has 2 aromatic rings. The highest BCUT2D eigenvalue weighted by molar-refractivity contribution is 6.32. The Labute approximate surface area is 164 Å². The van der Waals surface area contributed by atoms with Gasteiger partial charge in [0.2, 0.25) is 0 Å². The van der Waals surface area contributed by atoms with Crippen LogP contribution in [0.4, 0.5) is 10.6 Å². The van der Waals surface area contributed by atoms with Gasteiger partial charge in [0.1, 0.15) is 11.9 Å². The lowest BCUT2D eigenvalue weighted by Gasteiger charge is -2.35. The predicted octanol–water partition coefficient (Wildman–Crippen LogP) is 3.47. The van der Waals surface area contributed by atoms with Gasteiger partial charge in [0.05, 0.1) is 5.02 Å². The number of hydrogen-bond acceptors (Lipinski definition) is 5. The molecule has 1 amide bonds. The van der Waals surface area contributed by atoms with Crippen LogP contribution in [0.15, 0.2) is 48.7 Å². The van der Waals surface area contributed by atoms with Crippen LogP contribution in [0.1, 0.15) is 24.5 Å². The standard InChI is InChI=1S/C20H25ClN4O2/c21-17-8-4-10-23-19(17)25-14-12-24(13-15-25)11-5-9-18(27-20(22)26)16-6-2-1-3-7-16/h1-4,6-8,10,18H,5,9,11-15H2,(H2,22,26). The average Bonchev–Trinajstić information content (AvgIpc) is 2.69. The lowest BCUT2D eigenvalue weighted by molar-refractivity contribution is 0.0968. The molecule has 0 radical (unpaired) electrons. The van der Waals surface area contributed by atoms with E-state index in [2.05, 4.69) is 14.8 Å². The number of carbonyl (C=O) groups is 1. The van der Waals surface area contributed by atoms with Crippen molar-refractivity contribution in [2.45, 2.75) is 18.9 Å². The number of primary amides is 1. The minimum atomic E-state index is -0.732. The Hall–Kier alpha value is -2.31. The smallest absolute Gasteiger partial charge is 0.405 e. The van der Waals surface area contributed by atoms with E-state index in [0.717, 1.165) is 56.9 Å². The van der Waals surface area contributed by atoms with Crippen molar-refractivity contribution in [2.24, 2.45) is 5.73 Å². The van der Waals surface area contributed by atoms with E-state index >= 15 is 0 Å². The number of pyridine rings is 1. The first-order chi connectivity index (χ1) is 13.1. The third-order valence-electron chi connectivity index (χ3n) is 4.78. The molecule has 1 fully saturated rings. The Morgan fingerprint density at radius 2 is 1.89 bits per heavy atom. The number of hydrogen-bond donors (Lipinski definition) is 1. The van der Waals surface area contributed by atoms with E-state index in [1.54, 1.807) is 6.20 Å². The Kier molecular flexibility index (Phi) is 6.90. The van der Waals surface area contributed by atoms with Crippen LogP contribution in [0.2, 0.25) is 5.02 Å². The number of ether oxygens (including phenoxy) is 1. The van der Waals surface area contributed by atoms with Gasteiger partial charge < -0.3 is 15.4 Å². The van der Waals surface area contributed by atoms with Crippen molar-refractivity contribution < 1.29 is 9.53 Å². The van der Waals surface area contributed by atoms with Crippen LogP contribution in [-0.4, -0.2) is 48.7 Å². The Morgan fingerprint density at radius 3 is 2.56 bits per heavy atom. The maximum absolute atomic E-state index is 11.2. The molecular formula is C20H25ClN4O2. The number of nitrogens with two attached hydrogens (primary N) is 1. The fourth-order valence-corrected chi connectivity index (χ4v) is 3.64. The normalized spacial score (nSPS) is 16.1. The summed E-state index contributed by atoms with van der Waals surface area (Å²) in [4.78, 5) is 20.2. The Morgan fingerprint density at radius 1 is 1.15 bits per heavy atom. The second-order valence-corrected chi connectivity index (χ2v) is 7.02. The number of anilines is 1. The second-order valence-electron chi connectivity index (χ2n) is 6.62. The van der Waals surface area contributed by atoms with Gasteiger partial charge in [-0.1, -0.05) is 41.9 Å². The first kappa shape index (κ1) is 19.5. The van der Waals surface area contributed by atoms with Gasteiger partial charge in [-0.25, -0.2) is 9.78 Å². The summed E-state index contributed by atoms with van der Waals surface area (Å²) < 4.78 is 5.30. The van der Waals surface area contributed by atoms with E-state index in [-0.39, 0.29) is 6.10 Å². The molecule has 6 nitrogen and oxygen atoms in total. The van der Waals surface area contributed by atoms with Gasteiger partial charge in [0, 0.05) is 32.4 Å². The quantitative estimate of drug-likeness (QED) is 0.786. The number of benzene rings is 1. The van der Waals surface area contributed by atoms with E-state index in [4.69, 9.17) is 22.1 Å². The van der Waals surface area contributed by atoms with Crippen molar-refractivity contribution in [3.63, 3.8) is 0 Å². The van der Waals surface area contributed by atoms with Crippen molar-refractivity contribution in [3.05, 3.63) is 59.2 Å². The molecule has 1 aromatic heterocycles. The maximum atomic E-state index is 11.2. The van der Waals surface area contributed by atoms with Gasteiger partial charge in [0.15, 0.2) is 0 Å². The fourth-order valence-electron chi connectivity index (χ4n) is 3.40. The molecule has 1 aliphatic rings. The number of piperazine rings is 1. The monoisotopic (exact) mass is 388 g/mol. The molecule has 0 spiro atoms. The Bertz CT molecular complexity index is 736. The van der Waals surface area contributed by atoms with Gasteiger partial charge in [-0.15, -0.1) is 0 Å². The summed E-state index contributed by atoms with van der Waals surface area (Å²) in [6, 6.07) is 13.5. The molecular weight excluding hydrogens is 364 g/mol. The van der Waals surface area contributed by atoms with E-state index in [9.17, 15) is 4.79 Å². The highest BCUT2D eigenvalue weighted by atomic mass is 35.5. The summed E-state index contributed by atoms with van der Waals surface area (Å²) in [5.74, 6) is 0.859. The zero-order valence-electron chi connectivity index (χ0n) is 15.3. The summed E-state index contributed by atoms with van der Waals surface area (Å²) in [6.07, 6.45) is 2.42. The van der Waals surface area contributed by atoms with Gasteiger partial charge in [0.25, 0.3) is 0 Å². The van der Waals surface area contributed by atoms with Crippen LogP contribution >= 0.6 is 11.6 Å². The van der Waals surface area contributed by atoms with Gasteiger partial charge in [-0.2, -0.15) is 0 Å². The van der Waals surface area contributed by atoms with E-state index in [0.29, 0.717) is 5.02 Å². The number of aromatic nitrogens is 1. The topological polar surface area (TPSA) is 71.7 Å². The highest BCUT2D eigenvalue weighted by Crippen LogP contribution is 2.25. The molecule has 1 unspecified atom stereocenters.